The van der Waals surface area contributed by atoms with Crippen LogP contribution < -0.4 is 5.32 Å². The van der Waals surface area contributed by atoms with E-state index in [1.165, 1.54) is 5.56 Å². The largest absolute Gasteiger partial charge is 0.352 e. The van der Waals surface area contributed by atoms with Gasteiger partial charge in [0.25, 0.3) is 11.8 Å². The van der Waals surface area contributed by atoms with Crippen LogP contribution in [-0.2, 0) is 6.42 Å². The van der Waals surface area contributed by atoms with Gasteiger partial charge in [-0.25, -0.2) is 0 Å². The van der Waals surface area contributed by atoms with Crippen LogP contribution in [0.5, 0.6) is 0 Å². The standard InChI is InChI=1S/C24H30N2O2/c1-18(2)17-25-23(27)21-8-10-22(11-9-21)24(28)26-14-12-20(13-15-26)16-19-6-4-3-5-7-19/h3-11,18,20H,12-17H2,1-2H3,(H,25,27). The first-order chi connectivity index (χ1) is 13.5. The van der Waals surface area contributed by atoms with Crippen LogP contribution in [0.25, 0.3) is 0 Å². The van der Waals surface area contributed by atoms with E-state index in [0.29, 0.717) is 29.5 Å². The molecule has 2 amide bonds. The molecule has 0 atom stereocenters. The van der Waals surface area contributed by atoms with Crippen molar-refractivity contribution in [1.29, 1.82) is 0 Å². The summed E-state index contributed by atoms with van der Waals surface area (Å²) in [5, 5.41) is 2.90. The molecule has 1 fully saturated rings. The third-order valence-corrected chi connectivity index (χ3v) is 5.33. The zero-order valence-corrected chi connectivity index (χ0v) is 16.9. The minimum absolute atomic E-state index is 0.0623. The molecule has 2 aromatic rings. The van der Waals surface area contributed by atoms with Crippen LogP contribution >= 0.6 is 0 Å². The normalized spacial score (nSPS) is 14.9. The third kappa shape index (κ3) is 5.44. The van der Waals surface area contributed by atoms with Gasteiger partial charge in [-0.15, -0.1) is 0 Å². The number of benzene rings is 2. The van der Waals surface area contributed by atoms with Crippen LogP contribution in [0.1, 0.15) is 53.0 Å². The van der Waals surface area contributed by atoms with Gasteiger partial charge in [0.05, 0.1) is 0 Å². The molecule has 1 aliphatic rings. The first kappa shape index (κ1) is 20.1. The second-order valence-corrected chi connectivity index (χ2v) is 8.11. The minimum atomic E-state index is -0.0885. The minimum Gasteiger partial charge on any atom is -0.352 e. The molecule has 1 N–H and O–H groups in total. The number of carbonyl (C=O) groups is 2. The van der Waals surface area contributed by atoms with Crippen LogP contribution in [0.3, 0.4) is 0 Å². The van der Waals surface area contributed by atoms with E-state index in [1.54, 1.807) is 24.3 Å². The molecule has 0 radical (unpaired) electrons. The molecule has 1 aliphatic heterocycles. The van der Waals surface area contributed by atoms with E-state index >= 15 is 0 Å². The summed E-state index contributed by atoms with van der Waals surface area (Å²) in [4.78, 5) is 26.8. The maximum Gasteiger partial charge on any atom is 0.253 e. The Hall–Kier alpha value is -2.62. The van der Waals surface area contributed by atoms with Crippen molar-refractivity contribution in [3.63, 3.8) is 0 Å². The third-order valence-electron chi connectivity index (χ3n) is 5.33. The molecule has 2 aromatic carbocycles. The molecular weight excluding hydrogens is 348 g/mol. The van der Waals surface area contributed by atoms with Crippen LogP contribution in [0.15, 0.2) is 54.6 Å². The van der Waals surface area contributed by atoms with Gasteiger partial charge in [-0.1, -0.05) is 44.2 Å². The van der Waals surface area contributed by atoms with Crippen molar-refractivity contribution >= 4 is 11.8 Å². The maximum atomic E-state index is 12.8. The van der Waals surface area contributed by atoms with E-state index in [0.717, 1.165) is 32.4 Å². The highest BCUT2D eigenvalue weighted by molar-refractivity contribution is 5.97. The molecule has 4 nitrogen and oxygen atoms in total. The molecule has 3 rings (SSSR count). The fourth-order valence-corrected chi connectivity index (χ4v) is 3.63. The van der Waals surface area contributed by atoms with Crippen LogP contribution in [0.4, 0.5) is 0 Å². The number of nitrogens with zero attached hydrogens (tertiary/aromatic N) is 1. The van der Waals surface area contributed by atoms with Gasteiger partial charge in [0.15, 0.2) is 0 Å². The molecule has 148 valence electrons. The van der Waals surface area contributed by atoms with Crippen molar-refractivity contribution in [2.75, 3.05) is 19.6 Å². The summed E-state index contributed by atoms with van der Waals surface area (Å²) >= 11 is 0. The van der Waals surface area contributed by atoms with Gasteiger partial charge >= 0.3 is 0 Å². The lowest BCUT2D eigenvalue weighted by Crippen LogP contribution is -2.39. The Morgan fingerprint density at radius 3 is 2.18 bits per heavy atom. The number of hydrogen-bond donors (Lipinski definition) is 1. The van der Waals surface area contributed by atoms with Gasteiger partial charge in [0.2, 0.25) is 0 Å². The predicted molar refractivity (Wildman–Crippen MR) is 112 cm³/mol. The Balaban J connectivity index is 1.51. The summed E-state index contributed by atoms with van der Waals surface area (Å²) in [6.45, 7) is 6.37. The highest BCUT2D eigenvalue weighted by Crippen LogP contribution is 2.23. The van der Waals surface area contributed by atoms with Crippen molar-refractivity contribution in [1.82, 2.24) is 10.2 Å². The van der Waals surface area contributed by atoms with E-state index < -0.39 is 0 Å². The summed E-state index contributed by atoms with van der Waals surface area (Å²) in [5.41, 5.74) is 2.62. The second-order valence-electron chi connectivity index (χ2n) is 8.11. The molecule has 0 saturated carbocycles. The number of nitrogens with one attached hydrogen (secondary N) is 1. The molecule has 28 heavy (non-hydrogen) atoms. The van der Waals surface area contributed by atoms with Crippen molar-refractivity contribution in [2.45, 2.75) is 33.1 Å². The summed E-state index contributed by atoms with van der Waals surface area (Å²) in [6.07, 6.45) is 3.16. The second kappa shape index (κ2) is 9.54. The number of likely N-dealkylation sites (tertiary alicyclic amines) is 1. The molecule has 1 heterocycles. The van der Waals surface area contributed by atoms with E-state index in [-0.39, 0.29) is 11.8 Å². The molecule has 0 aliphatic carbocycles. The fourth-order valence-electron chi connectivity index (χ4n) is 3.63. The summed E-state index contributed by atoms with van der Waals surface area (Å²) < 4.78 is 0. The first-order valence-corrected chi connectivity index (χ1v) is 10.2. The highest BCUT2D eigenvalue weighted by atomic mass is 16.2. The zero-order chi connectivity index (χ0) is 19.9. The number of piperidine rings is 1. The Morgan fingerprint density at radius 2 is 1.57 bits per heavy atom. The lowest BCUT2D eigenvalue weighted by atomic mass is 9.90. The first-order valence-electron chi connectivity index (χ1n) is 10.2. The lowest BCUT2D eigenvalue weighted by molar-refractivity contribution is 0.0690. The SMILES string of the molecule is CC(C)CNC(=O)c1ccc(C(=O)N2CCC(Cc3ccccc3)CC2)cc1. The Labute approximate surface area is 167 Å². The zero-order valence-electron chi connectivity index (χ0n) is 16.9. The highest BCUT2D eigenvalue weighted by Gasteiger charge is 2.24. The van der Waals surface area contributed by atoms with Crippen molar-refractivity contribution in [3.05, 3.63) is 71.3 Å². The van der Waals surface area contributed by atoms with E-state index in [2.05, 4.69) is 43.4 Å². The molecule has 1 saturated heterocycles. The maximum absolute atomic E-state index is 12.8. The van der Waals surface area contributed by atoms with E-state index in [1.807, 2.05) is 11.0 Å². The molecule has 0 aromatic heterocycles. The van der Waals surface area contributed by atoms with Crippen LogP contribution in [0.2, 0.25) is 0 Å². The molecule has 0 bridgehead atoms. The van der Waals surface area contributed by atoms with Gasteiger partial charge in [0.1, 0.15) is 0 Å². The van der Waals surface area contributed by atoms with Gasteiger partial charge in [-0.2, -0.15) is 0 Å². The number of carbonyl (C=O) groups excluding carboxylic acids is 2. The summed E-state index contributed by atoms with van der Waals surface area (Å²) in [7, 11) is 0. The van der Waals surface area contributed by atoms with Gasteiger partial charge in [-0.3, -0.25) is 9.59 Å². The van der Waals surface area contributed by atoms with Gasteiger partial charge in [0, 0.05) is 30.8 Å². The van der Waals surface area contributed by atoms with Gasteiger partial charge in [-0.05, 0) is 60.9 Å². The smallest absolute Gasteiger partial charge is 0.253 e. The molecule has 4 heteroatoms. The predicted octanol–water partition coefficient (Wildman–Crippen LogP) is 4.17. The topological polar surface area (TPSA) is 49.4 Å². The summed E-state index contributed by atoms with van der Waals surface area (Å²) in [6, 6.07) is 17.6. The van der Waals surface area contributed by atoms with Crippen LogP contribution in [0, 0.1) is 11.8 Å². The fraction of sp³-hybridized carbons (Fsp3) is 0.417. The Bertz CT molecular complexity index is 776. The summed E-state index contributed by atoms with van der Waals surface area (Å²) in [5.74, 6) is 1.02. The monoisotopic (exact) mass is 378 g/mol. The van der Waals surface area contributed by atoms with E-state index in [9.17, 15) is 9.59 Å². The molecule has 0 spiro atoms. The number of amides is 2. The quantitative estimate of drug-likeness (QED) is 0.820. The lowest BCUT2D eigenvalue weighted by Gasteiger charge is -2.32. The van der Waals surface area contributed by atoms with E-state index in [4.69, 9.17) is 0 Å². The molecule has 0 unspecified atom stereocenters. The molecular formula is C24H30N2O2. The Morgan fingerprint density at radius 1 is 0.964 bits per heavy atom. The number of rotatable bonds is 6. The Kier molecular flexibility index (Phi) is 6.85. The van der Waals surface area contributed by atoms with Gasteiger partial charge < -0.3 is 10.2 Å². The average Bonchev–Trinajstić information content (AvgIpc) is 2.73. The average molecular weight is 379 g/mol. The van der Waals surface area contributed by atoms with Crippen LogP contribution in [-0.4, -0.2) is 36.3 Å². The van der Waals surface area contributed by atoms with Crippen molar-refractivity contribution < 1.29 is 9.59 Å². The van der Waals surface area contributed by atoms with Crippen molar-refractivity contribution in [2.24, 2.45) is 11.8 Å². The number of hydrogen-bond acceptors (Lipinski definition) is 2. The van der Waals surface area contributed by atoms with Crippen molar-refractivity contribution in [3.8, 4) is 0 Å².